The van der Waals surface area contributed by atoms with E-state index in [1.165, 1.54) is 28.9 Å². The van der Waals surface area contributed by atoms with Crippen molar-refractivity contribution in [3.8, 4) is 0 Å². The van der Waals surface area contributed by atoms with Crippen LogP contribution in [-0.2, 0) is 22.4 Å². The number of methoxy groups -OCH3 is 1. The molecule has 156 valence electrons. The van der Waals surface area contributed by atoms with Crippen molar-refractivity contribution in [2.75, 3.05) is 13.7 Å². The van der Waals surface area contributed by atoms with Crippen molar-refractivity contribution in [2.45, 2.75) is 58.6 Å². The van der Waals surface area contributed by atoms with Crippen LogP contribution >= 0.6 is 11.3 Å². The highest BCUT2D eigenvalue weighted by Gasteiger charge is 2.40. The number of esters is 1. The molecule has 1 unspecified atom stereocenters. The van der Waals surface area contributed by atoms with Crippen molar-refractivity contribution >= 4 is 33.4 Å². The van der Waals surface area contributed by atoms with Gasteiger partial charge in [-0.15, -0.1) is 11.3 Å². The molecule has 7 heteroatoms. The SMILES string of the molecule is COC(=O)[C@H]1C[C@@H](O)CN1C(=O)c1cc2cc3c(nc2s1)CCC(C(C)(C)C)C3. The molecular weight excluding hydrogens is 388 g/mol. The number of hydrogen-bond acceptors (Lipinski definition) is 6. The smallest absolute Gasteiger partial charge is 0.328 e. The summed E-state index contributed by atoms with van der Waals surface area (Å²) in [6, 6.07) is 3.32. The second-order valence-corrected chi connectivity index (χ2v) is 10.3. The summed E-state index contributed by atoms with van der Waals surface area (Å²) in [4.78, 5) is 32.8. The van der Waals surface area contributed by atoms with E-state index in [9.17, 15) is 14.7 Å². The van der Waals surface area contributed by atoms with Gasteiger partial charge in [0.05, 0.1) is 18.1 Å². The maximum Gasteiger partial charge on any atom is 0.328 e. The van der Waals surface area contributed by atoms with Gasteiger partial charge in [-0.25, -0.2) is 9.78 Å². The summed E-state index contributed by atoms with van der Waals surface area (Å²) in [6.07, 6.45) is 2.63. The summed E-state index contributed by atoms with van der Waals surface area (Å²) in [7, 11) is 1.30. The molecule has 29 heavy (non-hydrogen) atoms. The molecule has 0 radical (unpaired) electrons. The number of ether oxygens (including phenoxy) is 1. The van der Waals surface area contributed by atoms with Crippen LogP contribution in [0, 0.1) is 11.3 Å². The van der Waals surface area contributed by atoms with E-state index in [-0.39, 0.29) is 24.3 Å². The molecule has 3 heterocycles. The lowest BCUT2D eigenvalue weighted by atomic mass is 9.71. The van der Waals surface area contributed by atoms with Crippen LogP contribution in [0.1, 0.15) is 54.5 Å². The number of pyridine rings is 1. The van der Waals surface area contributed by atoms with Gasteiger partial charge >= 0.3 is 5.97 Å². The van der Waals surface area contributed by atoms with E-state index in [4.69, 9.17) is 9.72 Å². The number of β-amino-alcohol motifs (C(OH)–C–C–N with tert-alkyl or cyclic N) is 1. The second kappa shape index (κ2) is 7.36. The molecule has 0 bridgehead atoms. The van der Waals surface area contributed by atoms with Crippen LogP contribution in [0.4, 0.5) is 0 Å². The molecule has 1 aliphatic carbocycles. The minimum atomic E-state index is -0.735. The van der Waals surface area contributed by atoms with Crippen LogP contribution in [0.2, 0.25) is 0 Å². The van der Waals surface area contributed by atoms with E-state index in [0.29, 0.717) is 10.8 Å². The number of thiophene rings is 1. The number of fused-ring (bicyclic) bond motifs is 2. The number of carbonyl (C=O) groups excluding carboxylic acids is 2. The number of likely N-dealkylation sites (tertiary alicyclic amines) is 1. The third-order valence-corrected chi connectivity index (χ3v) is 7.35. The fraction of sp³-hybridized carbons (Fsp3) is 0.591. The van der Waals surface area contributed by atoms with Crippen molar-refractivity contribution in [3.05, 3.63) is 28.3 Å². The van der Waals surface area contributed by atoms with Gasteiger partial charge in [-0.3, -0.25) is 4.79 Å². The highest BCUT2D eigenvalue weighted by atomic mass is 32.1. The Morgan fingerprint density at radius 3 is 2.76 bits per heavy atom. The van der Waals surface area contributed by atoms with Crippen LogP contribution in [0.3, 0.4) is 0 Å². The third kappa shape index (κ3) is 3.78. The molecule has 1 amide bonds. The molecule has 1 aliphatic heterocycles. The Morgan fingerprint density at radius 1 is 1.31 bits per heavy atom. The summed E-state index contributed by atoms with van der Waals surface area (Å²) in [5.41, 5.74) is 2.69. The Labute approximate surface area is 174 Å². The number of amides is 1. The minimum Gasteiger partial charge on any atom is -0.467 e. The first kappa shape index (κ1) is 20.3. The number of nitrogens with zero attached hydrogens (tertiary/aromatic N) is 2. The molecule has 2 aromatic rings. The van der Waals surface area contributed by atoms with Crippen LogP contribution in [0.25, 0.3) is 10.2 Å². The fourth-order valence-electron chi connectivity index (χ4n) is 4.51. The highest BCUT2D eigenvalue weighted by molar-refractivity contribution is 7.20. The Bertz CT molecular complexity index is 962. The molecule has 1 saturated heterocycles. The Balaban J connectivity index is 1.63. The van der Waals surface area contributed by atoms with Gasteiger partial charge in [0.1, 0.15) is 10.9 Å². The lowest BCUT2D eigenvalue weighted by Crippen LogP contribution is -2.40. The molecule has 0 aromatic carbocycles. The zero-order valence-electron chi connectivity index (χ0n) is 17.4. The maximum absolute atomic E-state index is 13.1. The van der Waals surface area contributed by atoms with Gasteiger partial charge in [0, 0.05) is 24.0 Å². The normalized spacial score (nSPS) is 24.6. The lowest BCUT2D eigenvalue weighted by Gasteiger charge is -2.34. The third-order valence-electron chi connectivity index (χ3n) is 6.32. The van der Waals surface area contributed by atoms with Crippen molar-refractivity contribution in [3.63, 3.8) is 0 Å². The average molecular weight is 417 g/mol. The van der Waals surface area contributed by atoms with Crippen LogP contribution in [0.5, 0.6) is 0 Å². The summed E-state index contributed by atoms with van der Waals surface area (Å²) in [5, 5.41) is 10.9. The molecule has 0 saturated carbocycles. The number of aliphatic hydroxyl groups excluding tert-OH is 1. The number of aliphatic hydroxyl groups is 1. The molecule has 0 spiro atoms. The van der Waals surface area contributed by atoms with E-state index >= 15 is 0 Å². The van der Waals surface area contributed by atoms with Gasteiger partial charge < -0.3 is 14.7 Å². The number of carbonyl (C=O) groups is 2. The number of hydrogen-bond donors (Lipinski definition) is 1. The van der Waals surface area contributed by atoms with Gasteiger partial charge in [0.2, 0.25) is 0 Å². The van der Waals surface area contributed by atoms with Crippen molar-refractivity contribution in [2.24, 2.45) is 11.3 Å². The molecular formula is C22H28N2O4S. The van der Waals surface area contributed by atoms with Crippen molar-refractivity contribution in [1.29, 1.82) is 0 Å². The summed E-state index contributed by atoms with van der Waals surface area (Å²) < 4.78 is 4.81. The van der Waals surface area contributed by atoms with Crippen molar-refractivity contribution < 1.29 is 19.4 Å². The molecule has 1 N–H and O–H groups in total. The Kier molecular flexibility index (Phi) is 5.15. The molecule has 1 fully saturated rings. The molecule has 2 aliphatic rings. The van der Waals surface area contributed by atoms with Crippen LogP contribution < -0.4 is 0 Å². The van der Waals surface area contributed by atoms with Gasteiger partial charge in [0.15, 0.2) is 0 Å². The number of aryl methyl sites for hydroxylation is 1. The predicted octanol–water partition coefficient (Wildman–Crippen LogP) is 3.20. The van der Waals surface area contributed by atoms with E-state index in [0.717, 1.165) is 35.2 Å². The molecule has 6 nitrogen and oxygen atoms in total. The zero-order valence-corrected chi connectivity index (χ0v) is 18.2. The minimum absolute atomic E-state index is 0.143. The zero-order chi connectivity index (χ0) is 20.9. The van der Waals surface area contributed by atoms with Crippen molar-refractivity contribution in [1.82, 2.24) is 9.88 Å². The lowest BCUT2D eigenvalue weighted by molar-refractivity contribution is -0.145. The fourth-order valence-corrected chi connectivity index (χ4v) is 5.50. The predicted molar refractivity (Wildman–Crippen MR) is 112 cm³/mol. The molecule has 4 rings (SSSR count). The standard InChI is InChI=1S/C22H28N2O4S/c1-22(2,3)14-5-6-16-12(8-14)7-13-9-18(29-19(13)23-16)20(26)24-11-15(25)10-17(24)21(27)28-4/h7,9,14-15,17,25H,5-6,8,10-11H2,1-4H3/t14?,15-,17-/m1/s1. The average Bonchev–Trinajstić information content (AvgIpc) is 3.26. The van der Waals surface area contributed by atoms with Crippen LogP contribution in [0.15, 0.2) is 12.1 Å². The summed E-state index contributed by atoms with van der Waals surface area (Å²) >= 11 is 1.36. The quantitative estimate of drug-likeness (QED) is 0.761. The highest BCUT2D eigenvalue weighted by Crippen LogP contribution is 2.38. The Morgan fingerprint density at radius 2 is 2.07 bits per heavy atom. The first-order valence-corrected chi connectivity index (χ1v) is 11.0. The first-order chi connectivity index (χ1) is 13.7. The van der Waals surface area contributed by atoms with Gasteiger partial charge in [-0.2, -0.15) is 0 Å². The Hall–Kier alpha value is -1.99. The first-order valence-electron chi connectivity index (χ1n) is 10.2. The van der Waals surface area contributed by atoms with Crippen LogP contribution in [-0.4, -0.2) is 52.7 Å². The monoisotopic (exact) mass is 416 g/mol. The maximum atomic E-state index is 13.1. The molecule has 3 atom stereocenters. The summed E-state index contributed by atoms with van der Waals surface area (Å²) in [6.45, 7) is 7.01. The molecule has 2 aromatic heterocycles. The number of rotatable bonds is 2. The van der Waals surface area contributed by atoms with Gasteiger partial charge in [-0.05, 0) is 48.3 Å². The van der Waals surface area contributed by atoms with Gasteiger partial charge in [-0.1, -0.05) is 20.8 Å². The van der Waals surface area contributed by atoms with E-state index in [1.54, 1.807) is 0 Å². The number of aromatic nitrogens is 1. The topological polar surface area (TPSA) is 79.7 Å². The van der Waals surface area contributed by atoms with E-state index < -0.39 is 18.1 Å². The van der Waals surface area contributed by atoms with E-state index in [1.807, 2.05) is 6.07 Å². The van der Waals surface area contributed by atoms with E-state index in [2.05, 4.69) is 26.8 Å². The largest absolute Gasteiger partial charge is 0.467 e. The summed E-state index contributed by atoms with van der Waals surface area (Å²) in [5.74, 6) is -0.107. The van der Waals surface area contributed by atoms with Gasteiger partial charge in [0.25, 0.3) is 5.91 Å². The second-order valence-electron chi connectivity index (χ2n) is 9.29.